The highest BCUT2D eigenvalue weighted by atomic mass is 15.5. The number of hydrogen-bond acceptors (Lipinski definition) is 2. The van der Waals surface area contributed by atoms with Crippen molar-refractivity contribution >= 4 is 11.5 Å². The van der Waals surface area contributed by atoms with E-state index in [0.717, 1.165) is 18.1 Å². The Bertz CT molecular complexity index is 201. The molecule has 0 heterocycles. The van der Waals surface area contributed by atoms with Gasteiger partial charge >= 0.3 is 0 Å². The van der Waals surface area contributed by atoms with Crippen LogP contribution in [0.3, 0.4) is 0 Å². The van der Waals surface area contributed by atoms with Crippen molar-refractivity contribution in [1.82, 2.24) is 5.01 Å². The standard InChI is InChI=1S/C9H17N3.C2H6/c1-6-9(10-5)12(7-2)11-8(3)4;1-2/h6H,1,7H2,2-5H3;1-2H3. The van der Waals surface area contributed by atoms with Crippen molar-refractivity contribution in [3.8, 4) is 0 Å². The predicted octanol–water partition coefficient (Wildman–Crippen LogP) is 2.94. The van der Waals surface area contributed by atoms with Gasteiger partial charge in [0.2, 0.25) is 0 Å². The third-order valence-corrected chi connectivity index (χ3v) is 1.30. The molecule has 0 aliphatic heterocycles. The summed E-state index contributed by atoms with van der Waals surface area (Å²) in [4.78, 5) is 4.05. The van der Waals surface area contributed by atoms with E-state index in [1.807, 2.05) is 39.6 Å². The van der Waals surface area contributed by atoms with Crippen LogP contribution in [0.4, 0.5) is 0 Å². The summed E-state index contributed by atoms with van der Waals surface area (Å²) < 4.78 is 0. The van der Waals surface area contributed by atoms with Gasteiger partial charge in [-0.1, -0.05) is 20.4 Å². The summed E-state index contributed by atoms with van der Waals surface area (Å²) in [5.41, 5.74) is 1.01. The van der Waals surface area contributed by atoms with Crippen molar-refractivity contribution in [3.63, 3.8) is 0 Å². The molecule has 82 valence electrons. The Morgan fingerprint density at radius 2 is 1.86 bits per heavy atom. The summed E-state index contributed by atoms with van der Waals surface area (Å²) in [7, 11) is 1.74. The van der Waals surface area contributed by atoms with Crippen LogP contribution < -0.4 is 0 Å². The Labute approximate surface area is 88.2 Å². The van der Waals surface area contributed by atoms with E-state index in [0.29, 0.717) is 0 Å². The van der Waals surface area contributed by atoms with E-state index in [1.54, 1.807) is 13.1 Å². The van der Waals surface area contributed by atoms with Crippen LogP contribution in [0.25, 0.3) is 0 Å². The minimum Gasteiger partial charge on any atom is -0.270 e. The van der Waals surface area contributed by atoms with Crippen molar-refractivity contribution in [2.24, 2.45) is 10.1 Å². The summed E-state index contributed by atoms with van der Waals surface area (Å²) in [5, 5.41) is 6.11. The zero-order valence-electron chi connectivity index (χ0n) is 10.3. The van der Waals surface area contributed by atoms with E-state index in [2.05, 4.69) is 16.7 Å². The SMILES string of the molecule is C=CC(=NC)N(CC)N=C(C)C.CC. The van der Waals surface area contributed by atoms with Crippen LogP contribution >= 0.6 is 0 Å². The highest BCUT2D eigenvalue weighted by molar-refractivity contribution is 5.93. The van der Waals surface area contributed by atoms with E-state index in [4.69, 9.17) is 0 Å². The van der Waals surface area contributed by atoms with E-state index >= 15 is 0 Å². The first-order valence-electron chi connectivity index (χ1n) is 5.04. The van der Waals surface area contributed by atoms with Gasteiger partial charge in [0.25, 0.3) is 0 Å². The molecule has 0 atom stereocenters. The molecule has 0 unspecified atom stereocenters. The number of hydrogen-bond donors (Lipinski definition) is 0. The molecular weight excluding hydrogens is 174 g/mol. The van der Waals surface area contributed by atoms with Gasteiger partial charge in [-0.3, -0.25) is 4.99 Å². The topological polar surface area (TPSA) is 28.0 Å². The Balaban J connectivity index is 0. The second-order valence-corrected chi connectivity index (χ2v) is 2.55. The molecule has 0 bridgehead atoms. The van der Waals surface area contributed by atoms with Crippen molar-refractivity contribution in [2.45, 2.75) is 34.6 Å². The number of nitrogens with zero attached hydrogens (tertiary/aromatic N) is 3. The molecule has 0 saturated carbocycles. The average Bonchev–Trinajstić information content (AvgIpc) is 2.20. The number of likely N-dealkylation sites (N-methyl/N-ethyl adjacent to an activating group) is 1. The highest BCUT2D eigenvalue weighted by Crippen LogP contribution is 1.95. The van der Waals surface area contributed by atoms with Crippen LogP contribution in [0.1, 0.15) is 34.6 Å². The van der Waals surface area contributed by atoms with Crippen LogP contribution in [0.2, 0.25) is 0 Å². The monoisotopic (exact) mass is 197 g/mol. The third-order valence-electron chi connectivity index (χ3n) is 1.30. The Kier molecular flexibility index (Phi) is 10.9. The van der Waals surface area contributed by atoms with E-state index in [1.165, 1.54) is 0 Å². The summed E-state index contributed by atoms with van der Waals surface area (Å²) in [6.45, 7) is 14.4. The molecule has 0 N–H and O–H groups in total. The maximum atomic E-state index is 4.29. The number of amidine groups is 1. The Morgan fingerprint density at radius 1 is 1.36 bits per heavy atom. The van der Waals surface area contributed by atoms with Gasteiger partial charge in [-0.05, 0) is 26.8 Å². The quantitative estimate of drug-likeness (QED) is 0.388. The smallest absolute Gasteiger partial charge is 0.143 e. The van der Waals surface area contributed by atoms with Gasteiger partial charge in [-0.15, -0.1) is 0 Å². The van der Waals surface area contributed by atoms with Crippen LogP contribution in [0.15, 0.2) is 22.7 Å². The second kappa shape index (κ2) is 9.96. The first-order chi connectivity index (χ1) is 6.65. The van der Waals surface area contributed by atoms with Gasteiger partial charge in [-0.2, -0.15) is 5.10 Å². The molecule has 3 heteroatoms. The minimum absolute atomic E-state index is 0.804. The van der Waals surface area contributed by atoms with E-state index in [9.17, 15) is 0 Å². The van der Waals surface area contributed by atoms with Gasteiger partial charge in [0.15, 0.2) is 0 Å². The molecule has 0 rings (SSSR count). The fourth-order valence-corrected chi connectivity index (χ4v) is 0.837. The molecule has 0 fully saturated rings. The lowest BCUT2D eigenvalue weighted by Gasteiger charge is -2.16. The molecule has 0 aliphatic rings. The zero-order chi connectivity index (χ0) is 11.6. The molecular formula is C11H23N3. The third kappa shape index (κ3) is 6.40. The summed E-state index contributed by atoms with van der Waals surface area (Å²) in [6, 6.07) is 0. The molecule has 0 aromatic heterocycles. The van der Waals surface area contributed by atoms with Gasteiger partial charge in [0.1, 0.15) is 5.84 Å². The van der Waals surface area contributed by atoms with Crippen LogP contribution in [0, 0.1) is 0 Å². The fourth-order valence-electron chi connectivity index (χ4n) is 0.837. The molecule has 0 spiro atoms. The molecule has 0 aromatic carbocycles. The Hall–Kier alpha value is -1.12. The van der Waals surface area contributed by atoms with Gasteiger partial charge in [-0.25, -0.2) is 5.01 Å². The lowest BCUT2D eigenvalue weighted by Crippen LogP contribution is -2.24. The van der Waals surface area contributed by atoms with Crippen LogP contribution in [-0.4, -0.2) is 30.1 Å². The van der Waals surface area contributed by atoms with Gasteiger partial charge < -0.3 is 0 Å². The molecule has 0 saturated heterocycles. The molecule has 14 heavy (non-hydrogen) atoms. The highest BCUT2D eigenvalue weighted by Gasteiger charge is 2.01. The van der Waals surface area contributed by atoms with E-state index < -0.39 is 0 Å². The van der Waals surface area contributed by atoms with Crippen molar-refractivity contribution < 1.29 is 0 Å². The average molecular weight is 197 g/mol. The molecule has 3 nitrogen and oxygen atoms in total. The van der Waals surface area contributed by atoms with Crippen molar-refractivity contribution in [2.75, 3.05) is 13.6 Å². The molecule has 0 amide bonds. The fraction of sp³-hybridized carbons (Fsp3) is 0.636. The first kappa shape index (κ1) is 15.4. The predicted molar refractivity (Wildman–Crippen MR) is 66.1 cm³/mol. The largest absolute Gasteiger partial charge is 0.270 e. The Morgan fingerprint density at radius 3 is 2.07 bits per heavy atom. The lowest BCUT2D eigenvalue weighted by molar-refractivity contribution is 0.472. The zero-order valence-corrected chi connectivity index (χ0v) is 10.3. The normalized spacial score (nSPS) is 9.71. The molecule has 0 aliphatic carbocycles. The number of aliphatic imine (C=N–C) groups is 1. The minimum atomic E-state index is 0.804. The summed E-state index contributed by atoms with van der Waals surface area (Å²) in [6.07, 6.45) is 1.70. The van der Waals surface area contributed by atoms with Gasteiger partial charge in [0, 0.05) is 19.3 Å². The molecule has 0 radical (unpaired) electrons. The summed E-state index contributed by atoms with van der Waals surface area (Å²) in [5.74, 6) is 0.804. The summed E-state index contributed by atoms with van der Waals surface area (Å²) >= 11 is 0. The maximum absolute atomic E-state index is 4.29. The van der Waals surface area contributed by atoms with Crippen LogP contribution in [0.5, 0.6) is 0 Å². The van der Waals surface area contributed by atoms with Crippen molar-refractivity contribution in [3.05, 3.63) is 12.7 Å². The van der Waals surface area contributed by atoms with Crippen LogP contribution in [-0.2, 0) is 0 Å². The van der Waals surface area contributed by atoms with Crippen molar-refractivity contribution in [1.29, 1.82) is 0 Å². The van der Waals surface area contributed by atoms with Gasteiger partial charge in [0.05, 0.1) is 0 Å². The van der Waals surface area contributed by atoms with E-state index in [-0.39, 0.29) is 0 Å². The number of hydrazone groups is 1. The maximum Gasteiger partial charge on any atom is 0.143 e. The lowest BCUT2D eigenvalue weighted by atomic mass is 10.5. The second-order valence-electron chi connectivity index (χ2n) is 2.55. The number of rotatable bonds is 3. The molecule has 0 aromatic rings. The first-order valence-corrected chi connectivity index (χ1v) is 5.04.